The Balaban J connectivity index is 1.66. The fourth-order valence-corrected chi connectivity index (χ4v) is 3.54. The number of ether oxygens (including phenoxy) is 1. The van der Waals surface area contributed by atoms with Gasteiger partial charge in [0.05, 0.1) is 30.5 Å². The summed E-state index contributed by atoms with van der Waals surface area (Å²) in [6.07, 6.45) is 0.605. The van der Waals surface area contributed by atoms with Crippen molar-refractivity contribution in [2.24, 2.45) is 11.8 Å². The first-order chi connectivity index (χ1) is 12.4. The molecular formula is C18H26N4O4. The third-order valence-corrected chi connectivity index (χ3v) is 4.94. The highest BCUT2D eigenvalue weighted by Gasteiger charge is 2.32. The van der Waals surface area contributed by atoms with E-state index >= 15 is 0 Å². The second-order valence-electron chi connectivity index (χ2n) is 7.11. The van der Waals surface area contributed by atoms with E-state index in [2.05, 4.69) is 15.2 Å². The van der Waals surface area contributed by atoms with Crippen molar-refractivity contribution in [2.45, 2.75) is 20.3 Å². The standard InChI is InChI=1S/C18H26N4O4/c1-12-9-14(17(23)24)11-22(10-12)18(25)20-15-3-4-16(19-13(15)2)21-5-7-26-8-6-21/h3-4,12,14H,5-11H2,1-2H3,(H,20,25)(H,23,24). The summed E-state index contributed by atoms with van der Waals surface area (Å²) in [5, 5.41) is 12.1. The van der Waals surface area contributed by atoms with Crippen LogP contribution >= 0.6 is 0 Å². The molecule has 2 aliphatic heterocycles. The largest absolute Gasteiger partial charge is 0.481 e. The smallest absolute Gasteiger partial charge is 0.321 e. The molecule has 1 aromatic heterocycles. The first-order valence-electron chi connectivity index (χ1n) is 9.03. The summed E-state index contributed by atoms with van der Waals surface area (Å²) < 4.78 is 5.36. The van der Waals surface area contributed by atoms with E-state index in [-0.39, 0.29) is 18.5 Å². The van der Waals surface area contributed by atoms with Crippen molar-refractivity contribution in [2.75, 3.05) is 49.6 Å². The third-order valence-electron chi connectivity index (χ3n) is 4.94. The second-order valence-corrected chi connectivity index (χ2v) is 7.11. The summed E-state index contributed by atoms with van der Waals surface area (Å²) >= 11 is 0. The molecule has 2 fully saturated rings. The average Bonchev–Trinajstić information content (AvgIpc) is 2.63. The number of aryl methyl sites for hydroxylation is 1. The number of hydrogen-bond acceptors (Lipinski definition) is 5. The van der Waals surface area contributed by atoms with Gasteiger partial charge in [0, 0.05) is 26.2 Å². The van der Waals surface area contributed by atoms with Crippen LogP contribution in [0.25, 0.3) is 0 Å². The van der Waals surface area contributed by atoms with Gasteiger partial charge in [-0.3, -0.25) is 4.79 Å². The van der Waals surface area contributed by atoms with Gasteiger partial charge in [-0.05, 0) is 31.4 Å². The number of anilines is 2. The minimum atomic E-state index is -0.845. The monoisotopic (exact) mass is 362 g/mol. The molecule has 3 rings (SSSR count). The molecule has 2 aliphatic rings. The van der Waals surface area contributed by atoms with Gasteiger partial charge in [0.1, 0.15) is 5.82 Å². The predicted molar refractivity (Wildman–Crippen MR) is 97.5 cm³/mol. The van der Waals surface area contributed by atoms with Gasteiger partial charge in [0.2, 0.25) is 0 Å². The van der Waals surface area contributed by atoms with Crippen molar-refractivity contribution in [3.8, 4) is 0 Å². The van der Waals surface area contributed by atoms with E-state index in [1.165, 1.54) is 0 Å². The normalized spacial score (nSPS) is 23.6. The van der Waals surface area contributed by atoms with Gasteiger partial charge in [-0.1, -0.05) is 6.92 Å². The van der Waals surface area contributed by atoms with Crippen molar-refractivity contribution >= 4 is 23.5 Å². The van der Waals surface area contributed by atoms with Gasteiger partial charge in [-0.15, -0.1) is 0 Å². The van der Waals surface area contributed by atoms with Crippen LogP contribution in [0.15, 0.2) is 12.1 Å². The molecule has 0 bridgehead atoms. The zero-order chi connectivity index (χ0) is 18.7. The number of nitrogens with one attached hydrogen (secondary N) is 1. The lowest BCUT2D eigenvalue weighted by Gasteiger charge is -2.34. The van der Waals surface area contributed by atoms with Crippen molar-refractivity contribution in [3.63, 3.8) is 0 Å². The van der Waals surface area contributed by atoms with Crippen molar-refractivity contribution < 1.29 is 19.4 Å². The summed E-state index contributed by atoms with van der Waals surface area (Å²) in [5.41, 5.74) is 1.39. The molecule has 2 amide bonds. The first kappa shape index (κ1) is 18.4. The van der Waals surface area contributed by atoms with Gasteiger partial charge in [0.15, 0.2) is 0 Å². The number of piperidine rings is 1. The van der Waals surface area contributed by atoms with Gasteiger partial charge in [-0.2, -0.15) is 0 Å². The van der Waals surface area contributed by atoms with E-state index in [9.17, 15) is 14.7 Å². The van der Waals surface area contributed by atoms with Gasteiger partial charge in [-0.25, -0.2) is 9.78 Å². The van der Waals surface area contributed by atoms with Crippen LogP contribution in [0.4, 0.5) is 16.3 Å². The number of nitrogens with zero attached hydrogens (tertiary/aromatic N) is 3. The number of carboxylic acid groups (broad SMARTS) is 1. The number of morpholine rings is 1. The highest BCUT2D eigenvalue weighted by molar-refractivity contribution is 5.90. The van der Waals surface area contributed by atoms with Crippen LogP contribution in [-0.4, -0.2) is 66.4 Å². The van der Waals surface area contributed by atoms with E-state index in [0.717, 1.165) is 24.6 Å². The van der Waals surface area contributed by atoms with Crippen LogP contribution in [-0.2, 0) is 9.53 Å². The molecule has 1 aromatic rings. The number of carbonyl (C=O) groups excluding carboxylic acids is 1. The number of likely N-dealkylation sites (tertiary alicyclic amines) is 1. The van der Waals surface area contributed by atoms with Gasteiger partial charge in [0.25, 0.3) is 0 Å². The van der Waals surface area contributed by atoms with Crippen LogP contribution in [0, 0.1) is 18.8 Å². The molecule has 2 unspecified atom stereocenters. The Labute approximate surface area is 153 Å². The first-order valence-corrected chi connectivity index (χ1v) is 9.03. The number of hydrogen-bond donors (Lipinski definition) is 2. The van der Waals surface area contributed by atoms with Crippen LogP contribution in [0.3, 0.4) is 0 Å². The molecule has 8 nitrogen and oxygen atoms in total. The minimum absolute atomic E-state index is 0.165. The lowest BCUT2D eigenvalue weighted by molar-refractivity contribution is -0.143. The van der Waals surface area contributed by atoms with Crippen LogP contribution in [0.1, 0.15) is 19.0 Å². The minimum Gasteiger partial charge on any atom is -0.481 e. The maximum absolute atomic E-state index is 12.6. The number of amides is 2. The summed E-state index contributed by atoms with van der Waals surface area (Å²) in [4.78, 5) is 32.2. The fourth-order valence-electron chi connectivity index (χ4n) is 3.54. The molecule has 0 spiro atoms. The maximum atomic E-state index is 12.6. The van der Waals surface area contributed by atoms with E-state index in [4.69, 9.17) is 4.74 Å². The zero-order valence-electron chi connectivity index (χ0n) is 15.3. The van der Waals surface area contributed by atoms with E-state index in [1.807, 2.05) is 26.0 Å². The number of urea groups is 1. The van der Waals surface area contributed by atoms with Crippen molar-refractivity contribution in [1.29, 1.82) is 0 Å². The Morgan fingerprint density at radius 3 is 2.65 bits per heavy atom. The number of carbonyl (C=O) groups is 2. The van der Waals surface area contributed by atoms with Crippen molar-refractivity contribution in [1.82, 2.24) is 9.88 Å². The Kier molecular flexibility index (Phi) is 5.61. The molecule has 0 aliphatic carbocycles. The zero-order valence-corrected chi connectivity index (χ0v) is 15.3. The maximum Gasteiger partial charge on any atom is 0.321 e. The van der Waals surface area contributed by atoms with Gasteiger partial charge < -0.3 is 25.0 Å². The van der Waals surface area contributed by atoms with E-state index < -0.39 is 11.9 Å². The Morgan fingerprint density at radius 2 is 2.00 bits per heavy atom. The van der Waals surface area contributed by atoms with Gasteiger partial charge >= 0.3 is 12.0 Å². The summed E-state index contributed by atoms with van der Waals surface area (Å²) in [6, 6.07) is 3.48. The Bertz CT molecular complexity index is 675. The molecule has 0 aromatic carbocycles. The molecule has 26 heavy (non-hydrogen) atoms. The van der Waals surface area contributed by atoms with Crippen LogP contribution in [0.5, 0.6) is 0 Å². The predicted octanol–water partition coefficient (Wildman–Crippen LogP) is 1.80. The fraction of sp³-hybridized carbons (Fsp3) is 0.611. The Hall–Kier alpha value is -2.35. The molecule has 0 radical (unpaired) electrons. The molecule has 142 valence electrons. The highest BCUT2D eigenvalue weighted by atomic mass is 16.5. The molecule has 8 heteroatoms. The summed E-state index contributed by atoms with van der Waals surface area (Å²) in [6.45, 7) is 7.63. The lowest BCUT2D eigenvalue weighted by Crippen LogP contribution is -2.47. The number of carboxylic acids is 1. The quantitative estimate of drug-likeness (QED) is 0.851. The molecule has 3 heterocycles. The molecule has 2 saturated heterocycles. The molecular weight excluding hydrogens is 336 g/mol. The SMILES string of the molecule is Cc1nc(N2CCOCC2)ccc1NC(=O)N1CC(C)CC(C(=O)O)C1. The van der Waals surface area contributed by atoms with E-state index in [0.29, 0.717) is 31.9 Å². The number of aromatic nitrogens is 1. The lowest BCUT2D eigenvalue weighted by atomic mass is 9.91. The van der Waals surface area contributed by atoms with Crippen LogP contribution < -0.4 is 10.2 Å². The number of aliphatic carboxylic acids is 1. The third kappa shape index (κ3) is 4.24. The number of rotatable bonds is 3. The van der Waals surface area contributed by atoms with E-state index in [1.54, 1.807) is 4.90 Å². The topological polar surface area (TPSA) is 95.0 Å². The summed E-state index contributed by atoms with van der Waals surface area (Å²) in [7, 11) is 0. The Morgan fingerprint density at radius 1 is 1.27 bits per heavy atom. The van der Waals surface area contributed by atoms with Crippen LogP contribution in [0.2, 0.25) is 0 Å². The van der Waals surface area contributed by atoms with Crippen molar-refractivity contribution in [3.05, 3.63) is 17.8 Å². The molecule has 2 atom stereocenters. The number of pyridine rings is 1. The molecule has 2 N–H and O–H groups in total. The summed E-state index contributed by atoms with van der Waals surface area (Å²) in [5.74, 6) is -0.311. The highest BCUT2D eigenvalue weighted by Crippen LogP contribution is 2.24. The molecule has 0 saturated carbocycles. The average molecular weight is 362 g/mol. The second kappa shape index (κ2) is 7.90.